The van der Waals surface area contributed by atoms with Crippen molar-refractivity contribution < 1.29 is 28.0 Å². The molecule has 4 fully saturated rings. The lowest BCUT2D eigenvalue weighted by molar-refractivity contribution is -0.136. The number of halogens is 2. The van der Waals surface area contributed by atoms with Gasteiger partial charge in [-0.05, 0) is 87.2 Å². The number of likely N-dealkylation sites (tertiary alicyclic amines) is 1. The molecule has 60 heavy (non-hydrogen) atoms. The fraction of sp³-hybridized carbons (Fsp3) is 0.386. The molecule has 5 aliphatic heterocycles. The molecule has 10 rings (SSSR count). The van der Waals surface area contributed by atoms with Gasteiger partial charge in [-0.2, -0.15) is 5.10 Å². The average molecular weight is 815 g/mol. The summed E-state index contributed by atoms with van der Waals surface area (Å²) in [6, 6.07) is 16.3. The Hall–Kier alpha value is -6.13. The van der Waals surface area contributed by atoms with Crippen LogP contribution in [0.4, 0.5) is 20.4 Å². The van der Waals surface area contributed by atoms with E-state index in [0.29, 0.717) is 47.3 Å². The lowest BCUT2D eigenvalue weighted by Crippen LogP contribution is -2.54. The van der Waals surface area contributed by atoms with Crippen LogP contribution in [0, 0.1) is 11.6 Å². The molecule has 14 nitrogen and oxygen atoms in total. The number of pyridine rings is 1. The standard InChI is InChI=1S/C44H44F2N10O4/c45-28-7-9-31(34(46)24-28)36-4-2-15-54(36)39-14-18-55-41(49-39)33(25-47-55)35-3-1-5-38(48-35)53-21-19-52(20-22-53)29-12-16-51(17-13-29)26-27-6-8-30-32(23-27)44(60)56(43(30)59)37-10-11-40(57)50-42(37)58/h1,3,5-9,14,18,23-25,29,36-37H,2,4,10-13,15-17,19-22,26H2,(H,50,57,58). The van der Waals surface area contributed by atoms with E-state index in [1.54, 1.807) is 22.8 Å². The second-order valence-corrected chi connectivity index (χ2v) is 16.4. The van der Waals surface area contributed by atoms with Gasteiger partial charge in [-0.1, -0.05) is 18.2 Å². The van der Waals surface area contributed by atoms with Gasteiger partial charge in [0.05, 0.1) is 34.6 Å². The summed E-state index contributed by atoms with van der Waals surface area (Å²) in [4.78, 5) is 71.0. The molecule has 16 heteroatoms. The van der Waals surface area contributed by atoms with Gasteiger partial charge < -0.3 is 9.80 Å². The van der Waals surface area contributed by atoms with Crippen LogP contribution in [0.3, 0.4) is 0 Å². The molecule has 0 bridgehead atoms. The van der Waals surface area contributed by atoms with Crippen molar-refractivity contribution in [2.45, 2.75) is 63.2 Å². The summed E-state index contributed by atoms with van der Waals surface area (Å²) in [5.41, 5.74) is 4.27. The molecular weight excluding hydrogens is 771 g/mol. The molecule has 2 aromatic carbocycles. The SMILES string of the molecule is O=C1CCC(N2C(=O)c3ccc(CN4CCC(N5CCN(c6cccc(-c7cnn8ccc(N9CCCC9c9ccc(F)cc9F)nc78)n6)CC5)CC4)cc3C2=O)C(=O)N1. The van der Waals surface area contributed by atoms with Gasteiger partial charge in [0.15, 0.2) is 5.65 Å². The zero-order valence-electron chi connectivity index (χ0n) is 33.0. The highest BCUT2D eigenvalue weighted by Crippen LogP contribution is 2.38. The third-order valence-corrected chi connectivity index (χ3v) is 12.9. The number of hydrogen-bond donors (Lipinski definition) is 1. The maximum Gasteiger partial charge on any atom is 0.262 e. The van der Waals surface area contributed by atoms with E-state index in [1.165, 1.54) is 12.1 Å². The summed E-state index contributed by atoms with van der Waals surface area (Å²) in [5, 5.41) is 6.81. The normalized spacial score (nSPS) is 22.0. The van der Waals surface area contributed by atoms with Crippen LogP contribution in [0.15, 0.2) is 73.1 Å². The Morgan fingerprint density at radius 3 is 2.35 bits per heavy atom. The van der Waals surface area contributed by atoms with Crippen molar-refractivity contribution in [1.82, 2.24) is 39.6 Å². The molecule has 5 aromatic rings. The van der Waals surface area contributed by atoms with Crippen LogP contribution >= 0.6 is 0 Å². The third kappa shape index (κ3) is 6.96. The monoisotopic (exact) mass is 814 g/mol. The van der Waals surface area contributed by atoms with Crippen LogP contribution in [0.25, 0.3) is 16.9 Å². The van der Waals surface area contributed by atoms with Crippen LogP contribution in [-0.2, 0) is 16.1 Å². The molecule has 0 aliphatic carbocycles. The lowest BCUT2D eigenvalue weighted by atomic mass is 10.0. The number of carbonyl (C=O) groups is 4. The van der Waals surface area contributed by atoms with Crippen molar-refractivity contribution >= 4 is 40.9 Å². The maximum atomic E-state index is 14.8. The average Bonchev–Trinajstić information content (AvgIpc) is 3.98. The quantitative estimate of drug-likeness (QED) is 0.220. The second kappa shape index (κ2) is 15.5. The van der Waals surface area contributed by atoms with Gasteiger partial charge in [0.1, 0.15) is 29.3 Å². The van der Waals surface area contributed by atoms with Crippen LogP contribution < -0.4 is 15.1 Å². The lowest BCUT2D eigenvalue weighted by Gasteiger charge is -2.43. The fourth-order valence-corrected chi connectivity index (χ4v) is 9.72. The van der Waals surface area contributed by atoms with Gasteiger partial charge in [0, 0.05) is 69.6 Å². The number of imide groups is 2. The van der Waals surface area contributed by atoms with Gasteiger partial charge >= 0.3 is 0 Å². The number of nitrogens with one attached hydrogen (secondary N) is 1. The molecule has 1 N–H and O–H groups in total. The van der Waals surface area contributed by atoms with Gasteiger partial charge in [-0.25, -0.2) is 23.3 Å². The van der Waals surface area contributed by atoms with E-state index in [2.05, 4.69) is 30.0 Å². The van der Waals surface area contributed by atoms with Crippen molar-refractivity contribution in [3.05, 3.63) is 107 Å². The molecule has 0 radical (unpaired) electrons. The van der Waals surface area contributed by atoms with E-state index >= 15 is 0 Å². The summed E-state index contributed by atoms with van der Waals surface area (Å²) in [5.74, 6) is -1.49. The van der Waals surface area contributed by atoms with E-state index in [1.807, 2.05) is 36.5 Å². The van der Waals surface area contributed by atoms with Gasteiger partial charge in [-0.3, -0.25) is 39.2 Å². The third-order valence-electron chi connectivity index (χ3n) is 12.9. The Morgan fingerprint density at radius 2 is 1.55 bits per heavy atom. The number of aromatic nitrogens is 4. The Balaban J connectivity index is 0.749. The predicted octanol–water partition coefficient (Wildman–Crippen LogP) is 4.60. The molecule has 0 spiro atoms. The van der Waals surface area contributed by atoms with Crippen molar-refractivity contribution in [1.29, 1.82) is 0 Å². The Bertz CT molecular complexity index is 2530. The summed E-state index contributed by atoms with van der Waals surface area (Å²) in [6.45, 7) is 6.75. The minimum atomic E-state index is -0.975. The number of fused-ring (bicyclic) bond motifs is 2. The summed E-state index contributed by atoms with van der Waals surface area (Å²) < 4.78 is 30.3. The zero-order chi connectivity index (χ0) is 41.1. The number of carbonyl (C=O) groups excluding carboxylic acids is 4. The van der Waals surface area contributed by atoms with Crippen LogP contribution in [0.1, 0.15) is 76.4 Å². The van der Waals surface area contributed by atoms with Crippen molar-refractivity contribution in [3.8, 4) is 11.3 Å². The molecule has 8 heterocycles. The molecule has 4 saturated heterocycles. The minimum absolute atomic E-state index is 0.0890. The number of piperazine rings is 1. The smallest absolute Gasteiger partial charge is 0.262 e. The number of nitrogens with zero attached hydrogens (tertiary/aromatic N) is 9. The number of benzene rings is 2. The van der Waals surface area contributed by atoms with Crippen LogP contribution in [0.5, 0.6) is 0 Å². The van der Waals surface area contributed by atoms with Crippen molar-refractivity contribution in [3.63, 3.8) is 0 Å². The molecule has 308 valence electrons. The van der Waals surface area contributed by atoms with E-state index in [0.717, 1.165) is 98.6 Å². The molecule has 2 atom stereocenters. The van der Waals surface area contributed by atoms with E-state index in [9.17, 15) is 28.0 Å². The zero-order valence-corrected chi connectivity index (χ0v) is 33.0. The first-order valence-corrected chi connectivity index (χ1v) is 20.8. The highest BCUT2D eigenvalue weighted by atomic mass is 19.1. The summed E-state index contributed by atoms with van der Waals surface area (Å²) in [6.07, 6.45) is 7.55. The fourth-order valence-electron chi connectivity index (χ4n) is 9.72. The van der Waals surface area contributed by atoms with Crippen molar-refractivity contribution in [2.75, 3.05) is 55.6 Å². The molecule has 4 amide bonds. The van der Waals surface area contributed by atoms with Gasteiger partial charge in [0.2, 0.25) is 11.8 Å². The first-order chi connectivity index (χ1) is 29.2. The topological polar surface area (TPSA) is 140 Å². The van der Waals surface area contributed by atoms with E-state index in [-0.39, 0.29) is 18.9 Å². The van der Waals surface area contributed by atoms with E-state index < -0.39 is 41.3 Å². The number of hydrogen-bond acceptors (Lipinski definition) is 11. The van der Waals surface area contributed by atoms with Gasteiger partial charge in [-0.15, -0.1) is 0 Å². The Morgan fingerprint density at radius 1 is 0.733 bits per heavy atom. The number of rotatable bonds is 8. The molecule has 2 unspecified atom stereocenters. The highest BCUT2D eigenvalue weighted by Gasteiger charge is 2.44. The maximum absolute atomic E-state index is 14.8. The first kappa shape index (κ1) is 38.1. The number of piperidine rings is 2. The number of amides is 4. The van der Waals surface area contributed by atoms with Crippen molar-refractivity contribution in [2.24, 2.45) is 0 Å². The van der Waals surface area contributed by atoms with Crippen LogP contribution in [-0.4, -0.2) is 116 Å². The second-order valence-electron chi connectivity index (χ2n) is 16.4. The largest absolute Gasteiger partial charge is 0.354 e. The highest BCUT2D eigenvalue weighted by molar-refractivity contribution is 6.23. The summed E-state index contributed by atoms with van der Waals surface area (Å²) in [7, 11) is 0. The van der Waals surface area contributed by atoms with Crippen LogP contribution in [0.2, 0.25) is 0 Å². The van der Waals surface area contributed by atoms with Gasteiger partial charge in [0.25, 0.3) is 11.8 Å². The Labute approximate surface area is 344 Å². The Kier molecular flexibility index (Phi) is 9.83. The number of anilines is 2. The van der Waals surface area contributed by atoms with E-state index in [4.69, 9.17) is 9.97 Å². The molecule has 0 saturated carbocycles. The molecule has 3 aromatic heterocycles. The summed E-state index contributed by atoms with van der Waals surface area (Å²) >= 11 is 0. The molecule has 5 aliphatic rings. The molecular formula is C44H44F2N10O4. The minimum Gasteiger partial charge on any atom is -0.354 e. The predicted molar refractivity (Wildman–Crippen MR) is 217 cm³/mol. The first-order valence-electron chi connectivity index (χ1n) is 20.8.